The van der Waals surface area contributed by atoms with Crippen LogP contribution in [0.25, 0.3) is 0 Å². The zero-order chi connectivity index (χ0) is 5.98. The zero-order valence-electron chi connectivity index (χ0n) is 5.26. The Morgan fingerprint density at radius 2 is 2.50 bits per heavy atom. The van der Waals surface area contributed by atoms with Crippen LogP contribution < -0.4 is 0 Å². The Bertz CT molecular complexity index is 64.9. The predicted octanol–water partition coefficient (Wildman–Crippen LogP) is 0.151. The molecule has 1 radical (unpaired) electrons. The maximum Gasteiger partial charge on any atom is 0.0622 e. The second-order valence-electron chi connectivity index (χ2n) is 2.21. The summed E-state index contributed by atoms with van der Waals surface area (Å²) in [5, 5.41) is 0. The topological polar surface area (TPSA) is 12.5 Å². The fourth-order valence-electron chi connectivity index (χ4n) is 0.738. The van der Waals surface area contributed by atoms with Gasteiger partial charge in [0.2, 0.25) is 0 Å². The second-order valence-corrected chi connectivity index (χ2v) is 2.21. The van der Waals surface area contributed by atoms with Gasteiger partial charge < -0.3 is 4.74 Å². The van der Waals surface area contributed by atoms with Crippen LogP contribution in [0.3, 0.4) is 0 Å². The highest BCUT2D eigenvalue weighted by Crippen LogP contribution is 2.00. The van der Waals surface area contributed by atoms with Crippen molar-refractivity contribution in [3.63, 3.8) is 0 Å². The summed E-state index contributed by atoms with van der Waals surface area (Å²) >= 11 is 0. The average Bonchev–Trinajstić information content (AvgIpc) is 1.77. The van der Waals surface area contributed by atoms with Crippen molar-refractivity contribution in [1.29, 1.82) is 0 Å². The number of hydrogen-bond acceptors (Lipinski definition) is 2. The van der Waals surface area contributed by atoms with Crippen LogP contribution in [0.15, 0.2) is 0 Å². The van der Waals surface area contributed by atoms with E-state index in [1.54, 1.807) is 0 Å². The molecule has 0 aromatic carbocycles. The molecule has 0 bridgehead atoms. The van der Waals surface area contributed by atoms with E-state index in [0.29, 0.717) is 6.04 Å². The lowest BCUT2D eigenvalue weighted by molar-refractivity contribution is 0.0224. The summed E-state index contributed by atoms with van der Waals surface area (Å²) in [7, 11) is 2.07. The number of ether oxygens (including phenoxy) is 1. The maximum absolute atomic E-state index is 5.15. The van der Waals surface area contributed by atoms with Crippen molar-refractivity contribution in [2.45, 2.75) is 6.04 Å². The van der Waals surface area contributed by atoms with E-state index in [9.17, 15) is 0 Å². The summed E-state index contributed by atoms with van der Waals surface area (Å²) in [6.45, 7) is 6.55. The van der Waals surface area contributed by atoms with E-state index in [1.165, 1.54) is 0 Å². The summed E-state index contributed by atoms with van der Waals surface area (Å²) in [4.78, 5) is 2.20. The van der Waals surface area contributed by atoms with Gasteiger partial charge >= 0.3 is 0 Å². The van der Waals surface area contributed by atoms with Crippen molar-refractivity contribution >= 4 is 0 Å². The van der Waals surface area contributed by atoms with Crippen LogP contribution in [0.2, 0.25) is 0 Å². The van der Waals surface area contributed by atoms with E-state index in [-0.39, 0.29) is 0 Å². The summed E-state index contributed by atoms with van der Waals surface area (Å²) in [6, 6.07) is 0.365. The molecule has 0 aliphatic carbocycles. The Morgan fingerprint density at radius 1 is 1.75 bits per heavy atom. The first kappa shape index (κ1) is 6.05. The molecule has 8 heavy (non-hydrogen) atoms. The molecule has 0 N–H and O–H groups in total. The molecule has 1 unspecified atom stereocenters. The molecular formula is C6H12NO. The van der Waals surface area contributed by atoms with Crippen molar-refractivity contribution in [3.05, 3.63) is 6.92 Å². The predicted molar refractivity (Wildman–Crippen MR) is 32.6 cm³/mol. The average molecular weight is 114 g/mol. The van der Waals surface area contributed by atoms with E-state index in [0.717, 1.165) is 19.8 Å². The van der Waals surface area contributed by atoms with Crippen molar-refractivity contribution in [3.8, 4) is 0 Å². The summed E-state index contributed by atoms with van der Waals surface area (Å²) in [5.41, 5.74) is 0. The molecule has 1 atom stereocenters. The summed E-state index contributed by atoms with van der Waals surface area (Å²) < 4.78 is 5.15. The van der Waals surface area contributed by atoms with Crippen molar-refractivity contribution in [1.82, 2.24) is 4.90 Å². The molecule has 0 amide bonds. The van der Waals surface area contributed by atoms with Crippen LogP contribution in [0.4, 0.5) is 0 Å². The first-order valence-electron chi connectivity index (χ1n) is 2.92. The molecule has 0 spiro atoms. The maximum atomic E-state index is 5.15. The van der Waals surface area contributed by atoms with E-state index < -0.39 is 0 Å². The molecule has 2 nitrogen and oxygen atoms in total. The summed E-state index contributed by atoms with van der Waals surface area (Å²) in [6.07, 6.45) is 0. The standard InChI is InChI=1S/C6H12NO/c1-6-5-8-4-3-7(6)2/h6H,1,3-5H2,2H3. The Morgan fingerprint density at radius 3 is 2.88 bits per heavy atom. The Kier molecular flexibility index (Phi) is 1.86. The minimum absolute atomic E-state index is 0.365. The monoisotopic (exact) mass is 114 g/mol. The van der Waals surface area contributed by atoms with Gasteiger partial charge in [-0.05, 0) is 14.0 Å². The van der Waals surface area contributed by atoms with Gasteiger partial charge in [-0.25, -0.2) is 0 Å². The molecule has 47 valence electrons. The van der Waals surface area contributed by atoms with E-state index in [1.807, 2.05) is 0 Å². The van der Waals surface area contributed by atoms with Crippen LogP contribution in [-0.4, -0.2) is 37.7 Å². The number of likely N-dealkylation sites (N-methyl/N-ethyl adjacent to an activating group) is 1. The third kappa shape index (κ3) is 1.20. The lowest BCUT2D eigenvalue weighted by Crippen LogP contribution is -2.40. The zero-order valence-corrected chi connectivity index (χ0v) is 5.26. The third-order valence-corrected chi connectivity index (χ3v) is 1.52. The third-order valence-electron chi connectivity index (χ3n) is 1.52. The van der Waals surface area contributed by atoms with Gasteiger partial charge in [-0.3, -0.25) is 4.90 Å². The SMILES string of the molecule is [CH2]C1COCCN1C. The molecule has 1 heterocycles. The van der Waals surface area contributed by atoms with Gasteiger partial charge in [0, 0.05) is 12.6 Å². The van der Waals surface area contributed by atoms with E-state index in [2.05, 4.69) is 18.9 Å². The fraction of sp³-hybridized carbons (Fsp3) is 0.833. The number of rotatable bonds is 0. The van der Waals surface area contributed by atoms with Crippen molar-refractivity contribution in [2.24, 2.45) is 0 Å². The number of morpholine rings is 1. The molecule has 1 aliphatic rings. The minimum Gasteiger partial charge on any atom is -0.378 e. The first-order valence-corrected chi connectivity index (χ1v) is 2.92. The van der Waals surface area contributed by atoms with Crippen molar-refractivity contribution < 1.29 is 4.74 Å². The molecule has 0 aromatic heterocycles. The highest BCUT2D eigenvalue weighted by molar-refractivity contribution is 4.73. The molecule has 1 saturated heterocycles. The lowest BCUT2D eigenvalue weighted by Gasteiger charge is -2.28. The number of hydrogen-bond donors (Lipinski definition) is 0. The molecule has 1 rings (SSSR count). The van der Waals surface area contributed by atoms with Gasteiger partial charge in [-0.2, -0.15) is 0 Å². The highest BCUT2D eigenvalue weighted by Gasteiger charge is 2.12. The van der Waals surface area contributed by atoms with Crippen LogP contribution in [0.5, 0.6) is 0 Å². The van der Waals surface area contributed by atoms with E-state index >= 15 is 0 Å². The van der Waals surface area contributed by atoms with Gasteiger partial charge in [-0.1, -0.05) is 0 Å². The Balaban J connectivity index is 2.28. The van der Waals surface area contributed by atoms with E-state index in [4.69, 9.17) is 4.74 Å². The summed E-state index contributed by atoms with van der Waals surface area (Å²) in [5.74, 6) is 0. The minimum atomic E-state index is 0.365. The van der Waals surface area contributed by atoms with Crippen LogP contribution in [0, 0.1) is 6.92 Å². The molecule has 0 saturated carbocycles. The van der Waals surface area contributed by atoms with Gasteiger partial charge in [-0.15, -0.1) is 0 Å². The van der Waals surface area contributed by atoms with Crippen molar-refractivity contribution in [2.75, 3.05) is 26.8 Å². The highest BCUT2D eigenvalue weighted by atomic mass is 16.5. The Labute approximate surface area is 50.4 Å². The fourth-order valence-corrected chi connectivity index (χ4v) is 0.738. The quantitative estimate of drug-likeness (QED) is 0.444. The largest absolute Gasteiger partial charge is 0.378 e. The molecule has 0 aromatic rings. The molecule has 1 aliphatic heterocycles. The first-order chi connectivity index (χ1) is 3.80. The van der Waals surface area contributed by atoms with Crippen LogP contribution >= 0.6 is 0 Å². The molecule has 2 heteroatoms. The van der Waals surface area contributed by atoms with Crippen LogP contribution in [0.1, 0.15) is 0 Å². The Hall–Kier alpha value is -0.0800. The molecular weight excluding hydrogens is 102 g/mol. The van der Waals surface area contributed by atoms with Crippen LogP contribution in [-0.2, 0) is 4.74 Å². The normalized spacial score (nSPS) is 33.0. The van der Waals surface area contributed by atoms with Gasteiger partial charge in [0.25, 0.3) is 0 Å². The number of nitrogens with zero attached hydrogens (tertiary/aromatic N) is 1. The van der Waals surface area contributed by atoms with Gasteiger partial charge in [0.05, 0.1) is 13.2 Å². The molecule has 1 fully saturated rings. The smallest absolute Gasteiger partial charge is 0.0622 e. The second kappa shape index (κ2) is 2.46. The lowest BCUT2D eigenvalue weighted by atomic mass is 10.3. The van der Waals surface area contributed by atoms with Gasteiger partial charge in [0.1, 0.15) is 0 Å². The van der Waals surface area contributed by atoms with Gasteiger partial charge in [0.15, 0.2) is 0 Å².